The molecule has 4 nitrogen and oxygen atoms in total. The van der Waals surface area contributed by atoms with Crippen LogP contribution in [0.15, 0.2) is 41.3 Å². The van der Waals surface area contributed by atoms with Crippen molar-refractivity contribution in [1.82, 2.24) is 4.90 Å². The molecule has 27 heavy (non-hydrogen) atoms. The van der Waals surface area contributed by atoms with Gasteiger partial charge in [0.05, 0.1) is 12.1 Å². The van der Waals surface area contributed by atoms with E-state index in [2.05, 4.69) is 19.2 Å². The Balaban J connectivity index is 2.10. The van der Waals surface area contributed by atoms with Gasteiger partial charge in [0.1, 0.15) is 0 Å². The summed E-state index contributed by atoms with van der Waals surface area (Å²) in [6.07, 6.45) is 0. The SMILES string of the molecule is Cc1cc(C)c(NC(=O)CN(C)C(=O)c2ccccc2SC(C)C)c(C)c1. The van der Waals surface area contributed by atoms with E-state index < -0.39 is 0 Å². The molecule has 2 rings (SSSR count). The topological polar surface area (TPSA) is 49.4 Å². The maximum atomic E-state index is 12.8. The molecule has 0 unspecified atom stereocenters. The second-order valence-electron chi connectivity index (χ2n) is 7.15. The maximum Gasteiger partial charge on any atom is 0.255 e. The molecule has 2 aromatic rings. The highest BCUT2D eigenvalue weighted by molar-refractivity contribution is 8.00. The first kappa shape index (κ1) is 21.0. The second-order valence-corrected chi connectivity index (χ2v) is 8.76. The molecule has 0 atom stereocenters. The van der Waals surface area contributed by atoms with Gasteiger partial charge in [-0.3, -0.25) is 9.59 Å². The molecule has 0 saturated heterocycles. The van der Waals surface area contributed by atoms with Crippen LogP contribution in [0, 0.1) is 20.8 Å². The van der Waals surface area contributed by atoms with Crippen LogP contribution in [-0.2, 0) is 4.79 Å². The monoisotopic (exact) mass is 384 g/mol. The first-order valence-corrected chi connectivity index (χ1v) is 9.96. The van der Waals surface area contributed by atoms with Gasteiger partial charge in [-0.15, -0.1) is 11.8 Å². The average Bonchev–Trinajstić information content (AvgIpc) is 2.57. The lowest BCUT2D eigenvalue weighted by atomic mass is 10.1. The maximum absolute atomic E-state index is 12.8. The normalized spacial score (nSPS) is 10.8. The molecule has 0 bridgehead atoms. The number of anilines is 1. The summed E-state index contributed by atoms with van der Waals surface area (Å²) in [5.41, 5.74) is 4.66. The van der Waals surface area contributed by atoms with Crippen molar-refractivity contribution in [3.63, 3.8) is 0 Å². The third-order valence-electron chi connectivity index (χ3n) is 4.15. The van der Waals surface area contributed by atoms with Gasteiger partial charge in [-0.1, -0.05) is 43.7 Å². The highest BCUT2D eigenvalue weighted by atomic mass is 32.2. The summed E-state index contributed by atoms with van der Waals surface area (Å²) in [6.45, 7) is 10.2. The number of carbonyl (C=O) groups is 2. The molecular formula is C22H28N2O2S. The Kier molecular flexibility index (Phi) is 7.08. The largest absolute Gasteiger partial charge is 0.332 e. The number of carbonyl (C=O) groups excluding carboxylic acids is 2. The van der Waals surface area contributed by atoms with Gasteiger partial charge >= 0.3 is 0 Å². The Hall–Kier alpha value is -2.27. The van der Waals surface area contributed by atoms with Gasteiger partial charge in [-0.05, 0) is 44.0 Å². The van der Waals surface area contributed by atoms with Crippen LogP contribution in [0.3, 0.4) is 0 Å². The van der Waals surface area contributed by atoms with Crippen molar-refractivity contribution in [3.8, 4) is 0 Å². The number of rotatable bonds is 6. The van der Waals surface area contributed by atoms with Crippen molar-refractivity contribution in [1.29, 1.82) is 0 Å². The zero-order chi connectivity index (χ0) is 20.1. The van der Waals surface area contributed by atoms with Crippen molar-refractivity contribution in [2.45, 2.75) is 44.8 Å². The van der Waals surface area contributed by atoms with E-state index in [0.717, 1.165) is 27.3 Å². The molecular weight excluding hydrogens is 356 g/mol. The first-order valence-electron chi connectivity index (χ1n) is 9.08. The molecule has 0 aromatic heterocycles. The predicted molar refractivity (Wildman–Crippen MR) is 114 cm³/mol. The number of nitrogens with one attached hydrogen (secondary N) is 1. The van der Waals surface area contributed by atoms with Gasteiger partial charge in [0, 0.05) is 22.9 Å². The van der Waals surface area contributed by atoms with E-state index in [-0.39, 0.29) is 18.4 Å². The Morgan fingerprint density at radius 2 is 1.67 bits per heavy atom. The fourth-order valence-electron chi connectivity index (χ4n) is 3.05. The number of likely N-dealkylation sites (N-methyl/N-ethyl adjacent to an activating group) is 1. The Morgan fingerprint density at radius 3 is 2.26 bits per heavy atom. The molecule has 2 amide bonds. The summed E-state index contributed by atoms with van der Waals surface area (Å²) in [5.74, 6) is -0.346. The van der Waals surface area contributed by atoms with Crippen LogP contribution in [0.2, 0.25) is 0 Å². The number of nitrogens with zero attached hydrogens (tertiary/aromatic N) is 1. The minimum absolute atomic E-state index is 0.00622. The second kappa shape index (κ2) is 9.09. The molecule has 0 heterocycles. The van der Waals surface area contributed by atoms with Crippen LogP contribution < -0.4 is 5.32 Å². The number of thioether (sulfide) groups is 1. The van der Waals surface area contributed by atoms with Crippen LogP contribution in [0.1, 0.15) is 40.9 Å². The van der Waals surface area contributed by atoms with Crippen molar-refractivity contribution in [2.75, 3.05) is 18.9 Å². The zero-order valence-corrected chi connectivity index (χ0v) is 17.7. The molecule has 0 aliphatic heterocycles. The highest BCUT2D eigenvalue weighted by Crippen LogP contribution is 2.27. The van der Waals surface area contributed by atoms with Gasteiger partial charge in [-0.2, -0.15) is 0 Å². The van der Waals surface area contributed by atoms with E-state index in [1.165, 1.54) is 4.90 Å². The number of hydrogen-bond donors (Lipinski definition) is 1. The molecule has 0 spiro atoms. The summed E-state index contributed by atoms with van der Waals surface area (Å²) in [6, 6.07) is 11.6. The Bertz CT molecular complexity index is 823. The summed E-state index contributed by atoms with van der Waals surface area (Å²) in [5, 5.41) is 3.33. The summed E-state index contributed by atoms with van der Waals surface area (Å²) in [7, 11) is 1.66. The highest BCUT2D eigenvalue weighted by Gasteiger charge is 2.19. The quantitative estimate of drug-likeness (QED) is 0.726. The Labute approximate surface area is 166 Å². The Morgan fingerprint density at radius 1 is 1.07 bits per heavy atom. The van der Waals surface area contributed by atoms with Crippen LogP contribution in [0.5, 0.6) is 0 Å². The zero-order valence-electron chi connectivity index (χ0n) is 16.9. The van der Waals surface area contributed by atoms with Crippen LogP contribution in [-0.4, -0.2) is 35.6 Å². The van der Waals surface area contributed by atoms with Crippen molar-refractivity contribution < 1.29 is 9.59 Å². The van der Waals surface area contributed by atoms with Crippen molar-refractivity contribution in [3.05, 3.63) is 58.7 Å². The van der Waals surface area contributed by atoms with E-state index in [0.29, 0.717) is 10.8 Å². The molecule has 0 radical (unpaired) electrons. The third kappa shape index (κ3) is 5.60. The van der Waals surface area contributed by atoms with E-state index in [1.807, 2.05) is 57.2 Å². The van der Waals surface area contributed by atoms with Crippen molar-refractivity contribution in [2.24, 2.45) is 0 Å². The van der Waals surface area contributed by atoms with Gasteiger partial charge in [0.25, 0.3) is 5.91 Å². The lowest BCUT2D eigenvalue weighted by molar-refractivity contribution is -0.116. The van der Waals surface area contributed by atoms with E-state index in [4.69, 9.17) is 0 Å². The molecule has 0 aliphatic carbocycles. The smallest absolute Gasteiger partial charge is 0.255 e. The molecule has 0 fully saturated rings. The fourth-order valence-corrected chi connectivity index (χ4v) is 4.00. The molecule has 1 N–H and O–H groups in total. The lowest BCUT2D eigenvalue weighted by Crippen LogP contribution is -2.35. The van der Waals surface area contributed by atoms with Crippen molar-refractivity contribution >= 4 is 29.3 Å². The average molecular weight is 385 g/mol. The molecule has 144 valence electrons. The number of amides is 2. The number of benzene rings is 2. The van der Waals surface area contributed by atoms with E-state index in [9.17, 15) is 9.59 Å². The fraction of sp³-hybridized carbons (Fsp3) is 0.364. The van der Waals surface area contributed by atoms with Crippen LogP contribution in [0.4, 0.5) is 5.69 Å². The summed E-state index contributed by atoms with van der Waals surface area (Å²) >= 11 is 1.65. The van der Waals surface area contributed by atoms with Gasteiger partial charge in [-0.25, -0.2) is 0 Å². The molecule has 0 aliphatic rings. The minimum Gasteiger partial charge on any atom is -0.332 e. The standard InChI is InChI=1S/C22H28N2O2S/c1-14(2)27-19-10-8-7-9-18(19)22(26)24(6)13-20(25)23-21-16(4)11-15(3)12-17(21)5/h7-12,14H,13H2,1-6H3,(H,23,25). The van der Waals surface area contributed by atoms with Crippen LogP contribution >= 0.6 is 11.8 Å². The lowest BCUT2D eigenvalue weighted by Gasteiger charge is -2.20. The molecule has 5 heteroatoms. The van der Waals surface area contributed by atoms with Crippen LogP contribution in [0.25, 0.3) is 0 Å². The molecule has 0 saturated carbocycles. The first-order chi connectivity index (χ1) is 12.7. The predicted octanol–water partition coefficient (Wildman–Crippen LogP) is 4.82. The summed E-state index contributed by atoms with van der Waals surface area (Å²) < 4.78 is 0. The van der Waals surface area contributed by atoms with Gasteiger partial charge in [0.15, 0.2) is 0 Å². The molecule has 2 aromatic carbocycles. The third-order valence-corrected chi connectivity index (χ3v) is 5.23. The number of hydrogen-bond acceptors (Lipinski definition) is 3. The van der Waals surface area contributed by atoms with E-state index >= 15 is 0 Å². The summed E-state index contributed by atoms with van der Waals surface area (Å²) in [4.78, 5) is 27.8. The van der Waals surface area contributed by atoms with Gasteiger partial charge < -0.3 is 10.2 Å². The number of aryl methyl sites for hydroxylation is 3. The van der Waals surface area contributed by atoms with Gasteiger partial charge in [0.2, 0.25) is 5.91 Å². The minimum atomic E-state index is -0.199. The van der Waals surface area contributed by atoms with E-state index in [1.54, 1.807) is 18.8 Å².